The van der Waals surface area contributed by atoms with Crippen molar-refractivity contribution < 1.29 is 4.79 Å². The van der Waals surface area contributed by atoms with Crippen molar-refractivity contribution in [2.45, 2.75) is 13.3 Å². The van der Waals surface area contributed by atoms with E-state index in [1.54, 1.807) is 12.1 Å². The average Bonchev–Trinajstić information content (AvgIpc) is 2.43. The van der Waals surface area contributed by atoms with Crippen LogP contribution in [0.2, 0.25) is 15.1 Å². The van der Waals surface area contributed by atoms with Crippen LogP contribution in [-0.4, -0.2) is 10.5 Å². The van der Waals surface area contributed by atoms with E-state index in [-0.39, 0.29) is 0 Å². The summed E-state index contributed by atoms with van der Waals surface area (Å²) in [4.78, 5) is 4.26. The quantitative estimate of drug-likeness (QED) is 0.385. The monoisotopic (exact) mass is 325 g/mol. The standard InChI is InChI=1S/C15H12Cl3N2/c1-2-14(10-6-4-3-5-7-10)19-20-15-12(17)8-11(16)9-13(15)18/h3-9H,2H2,1H3/q+1. The molecule has 0 heterocycles. The summed E-state index contributed by atoms with van der Waals surface area (Å²) in [6, 6.07) is 13.0. The summed E-state index contributed by atoms with van der Waals surface area (Å²) in [5.74, 6) is 0. The number of halogens is 3. The fourth-order valence-corrected chi connectivity index (χ4v) is 2.60. The first-order valence-electron chi connectivity index (χ1n) is 6.09. The van der Waals surface area contributed by atoms with Gasteiger partial charge in [-0.05, 0) is 24.3 Å². The van der Waals surface area contributed by atoms with Crippen LogP contribution < -0.4 is 0 Å². The summed E-state index contributed by atoms with van der Waals surface area (Å²) in [5.41, 5.74) is 2.33. The SMILES string of the molecule is CCC(=[N+]=Nc1c(Cl)cc(Cl)cc1Cl)c1ccccc1. The molecule has 0 amide bonds. The van der Waals surface area contributed by atoms with Gasteiger partial charge in [0.15, 0.2) is 5.69 Å². The van der Waals surface area contributed by atoms with Gasteiger partial charge in [0.05, 0.1) is 26.8 Å². The molecule has 0 saturated carbocycles. The lowest BCUT2D eigenvalue weighted by atomic mass is 10.1. The third-order valence-electron chi connectivity index (χ3n) is 2.69. The van der Waals surface area contributed by atoms with E-state index in [1.165, 1.54) is 0 Å². The summed E-state index contributed by atoms with van der Waals surface area (Å²) in [6.07, 6.45) is 0.760. The van der Waals surface area contributed by atoms with Gasteiger partial charge in [-0.3, -0.25) is 0 Å². The zero-order chi connectivity index (χ0) is 14.5. The molecule has 0 unspecified atom stereocenters. The third-order valence-corrected chi connectivity index (χ3v) is 3.49. The first-order valence-corrected chi connectivity index (χ1v) is 7.22. The van der Waals surface area contributed by atoms with Crippen molar-refractivity contribution in [2.24, 2.45) is 5.11 Å². The molecule has 2 aromatic rings. The van der Waals surface area contributed by atoms with Crippen LogP contribution in [0.4, 0.5) is 5.69 Å². The summed E-state index contributed by atoms with van der Waals surface area (Å²) in [7, 11) is 0. The van der Waals surface area contributed by atoms with Gasteiger partial charge in [-0.15, -0.1) is 0 Å². The fraction of sp³-hybridized carbons (Fsp3) is 0.133. The predicted octanol–water partition coefficient (Wildman–Crippen LogP) is 5.84. The van der Waals surface area contributed by atoms with E-state index in [9.17, 15) is 0 Å². The maximum Gasteiger partial charge on any atom is 0.349 e. The summed E-state index contributed by atoms with van der Waals surface area (Å²) in [6.45, 7) is 2.02. The Bertz CT molecular complexity index is 652. The second kappa shape index (κ2) is 6.92. The van der Waals surface area contributed by atoms with Crippen LogP contribution in [0.25, 0.3) is 0 Å². The van der Waals surface area contributed by atoms with Gasteiger partial charge in [-0.2, -0.15) is 0 Å². The molecule has 0 aliphatic rings. The number of nitrogens with zero attached hydrogens (tertiary/aromatic N) is 2. The Labute approximate surface area is 132 Å². The molecule has 0 saturated heterocycles. The Kier molecular flexibility index (Phi) is 5.22. The molecular formula is C15H12Cl3N2+. The molecule has 0 aromatic heterocycles. The van der Waals surface area contributed by atoms with Gasteiger partial charge in [-0.1, -0.05) is 59.9 Å². The van der Waals surface area contributed by atoms with Gasteiger partial charge in [0.1, 0.15) is 5.11 Å². The molecule has 0 radical (unpaired) electrons. The van der Waals surface area contributed by atoms with E-state index in [0.29, 0.717) is 20.8 Å². The minimum Gasteiger partial charge on any atom is -0.0842 e. The molecule has 0 N–H and O–H groups in total. The smallest absolute Gasteiger partial charge is 0.0842 e. The summed E-state index contributed by atoms with van der Waals surface area (Å²) < 4.78 is 0. The van der Waals surface area contributed by atoms with E-state index >= 15 is 0 Å². The van der Waals surface area contributed by atoms with Crippen LogP contribution in [-0.2, 0) is 0 Å². The summed E-state index contributed by atoms with van der Waals surface area (Å²) >= 11 is 18.0. The zero-order valence-electron chi connectivity index (χ0n) is 10.8. The van der Waals surface area contributed by atoms with Crippen molar-refractivity contribution >= 4 is 46.2 Å². The lowest BCUT2D eigenvalue weighted by molar-refractivity contribution is -0.0785. The predicted molar refractivity (Wildman–Crippen MR) is 84.7 cm³/mol. The highest BCUT2D eigenvalue weighted by Gasteiger charge is 2.14. The Morgan fingerprint density at radius 2 is 1.65 bits per heavy atom. The molecule has 0 aliphatic heterocycles. The first kappa shape index (κ1) is 15.1. The van der Waals surface area contributed by atoms with Crippen LogP contribution >= 0.6 is 34.8 Å². The third kappa shape index (κ3) is 3.62. The topological polar surface area (TPSA) is 26.5 Å². The van der Waals surface area contributed by atoms with Gasteiger partial charge < -0.3 is 0 Å². The highest BCUT2D eigenvalue weighted by molar-refractivity contribution is 6.41. The molecule has 2 nitrogen and oxygen atoms in total. The maximum atomic E-state index is 6.08. The molecule has 0 atom stereocenters. The Morgan fingerprint density at radius 1 is 1.05 bits per heavy atom. The van der Waals surface area contributed by atoms with Gasteiger partial charge in [0.2, 0.25) is 0 Å². The van der Waals surface area contributed by atoms with Gasteiger partial charge in [0.25, 0.3) is 0 Å². The van der Waals surface area contributed by atoms with E-state index < -0.39 is 0 Å². The molecule has 2 rings (SSSR count). The van der Waals surface area contributed by atoms with Crippen LogP contribution in [0.3, 0.4) is 0 Å². The number of hydrogen-bond donors (Lipinski definition) is 0. The van der Waals surface area contributed by atoms with Gasteiger partial charge in [-0.25, -0.2) is 0 Å². The van der Waals surface area contributed by atoms with Gasteiger partial charge in [0, 0.05) is 5.02 Å². The molecule has 0 bridgehead atoms. The highest BCUT2D eigenvalue weighted by atomic mass is 35.5. The maximum absolute atomic E-state index is 6.08. The lowest BCUT2D eigenvalue weighted by Gasteiger charge is -1.96. The van der Waals surface area contributed by atoms with Crippen molar-refractivity contribution in [3.8, 4) is 0 Å². The molecule has 0 fully saturated rings. The largest absolute Gasteiger partial charge is 0.349 e. The van der Waals surface area contributed by atoms with E-state index in [1.807, 2.05) is 37.3 Å². The molecular weight excluding hydrogens is 315 g/mol. The Hall–Kier alpha value is -1.31. The second-order valence-electron chi connectivity index (χ2n) is 4.08. The van der Waals surface area contributed by atoms with Crippen molar-refractivity contribution in [2.75, 3.05) is 0 Å². The molecule has 0 aliphatic carbocycles. The zero-order valence-corrected chi connectivity index (χ0v) is 13.0. The highest BCUT2D eigenvalue weighted by Crippen LogP contribution is 2.35. The van der Waals surface area contributed by atoms with E-state index in [0.717, 1.165) is 17.7 Å². The van der Waals surface area contributed by atoms with Crippen LogP contribution in [0.5, 0.6) is 0 Å². The lowest BCUT2D eigenvalue weighted by Crippen LogP contribution is -1.99. The number of benzene rings is 2. The van der Waals surface area contributed by atoms with Crippen molar-refractivity contribution in [3.63, 3.8) is 0 Å². The molecule has 2 aromatic carbocycles. The van der Waals surface area contributed by atoms with Crippen molar-refractivity contribution in [1.82, 2.24) is 0 Å². The second-order valence-corrected chi connectivity index (χ2v) is 5.34. The molecule has 20 heavy (non-hydrogen) atoms. The fourth-order valence-electron chi connectivity index (χ4n) is 1.70. The van der Waals surface area contributed by atoms with Crippen molar-refractivity contribution in [3.05, 3.63) is 63.1 Å². The number of rotatable bonds is 3. The normalized spacial score (nSPS) is 10.0. The van der Waals surface area contributed by atoms with E-state index in [4.69, 9.17) is 34.8 Å². The van der Waals surface area contributed by atoms with E-state index in [2.05, 4.69) is 9.90 Å². The number of hydrogen-bond acceptors (Lipinski definition) is 1. The Balaban J connectivity index is 2.48. The Morgan fingerprint density at radius 3 is 2.20 bits per heavy atom. The van der Waals surface area contributed by atoms with Gasteiger partial charge >= 0.3 is 5.71 Å². The van der Waals surface area contributed by atoms with Crippen LogP contribution in [0.1, 0.15) is 18.9 Å². The molecule has 102 valence electrons. The summed E-state index contributed by atoms with van der Waals surface area (Å²) in [5, 5.41) is 5.40. The van der Waals surface area contributed by atoms with Crippen LogP contribution in [0.15, 0.2) is 47.6 Å². The minimum absolute atomic E-state index is 0.384. The molecule has 0 spiro atoms. The van der Waals surface area contributed by atoms with Crippen molar-refractivity contribution in [1.29, 1.82) is 0 Å². The minimum atomic E-state index is 0.384. The first-order chi connectivity index (χ1) is 9.61. The average molecular weight is 327 g/mol. The molecule has 5 heteroatoms. The van der Waals surface area contributed by atoms with Crippen LogP contribution in [0, 0.1) is 0 Å².